The summed E-state index contributed by atoms with van der Waals surface area (Å²) in [5, 5.41) is 6.21. The Morgan fingerprint density at radius 1 is 1.26 bits per heavy atom. The van der Waals surface area contributed by atoms with Crippen molar-refractivity contribution >= 4 is 28.6 Å². The molecule has 0 saturated heterocycles. The Kier molecular flexibility index (Phi) is 2.50. The van der Waals surface area contributed by atoms with Gasteiger partial charge in [0.2, 0.25) is 5.88 Å². The zero-order valence-electron chi connectivity index (χ0n) is 10.2. The summed E-state index contributed by atoms with van der Waals surface area (Å²) >= 11 is 3.49. The number of hydrogen-bond donors (Lipinski definition) is 1. The van der Waals surface area contributed by atoms with Crippen LogP contribution in [-0.2, 0) is 12.8 Å². The lowest BCUT2D eigenvalue weighted by molar-refractivity contribution is 0.439. The standard InChI is InChI=1S/C14H12N2OS2/c15-14-12(10-5-2-6-18-10)13(16-17-14)11-7-8-3-1-4-9(8)19-11/h2,5-7H,1,3-4,15H2. The minimum atomic E-state index is 0.408. The Morgan fingerprint density at radius 3 is 3.00 bits per heavy atom. The fraction of sp³-hybridized carbons (Fsp3) is 0.214. The number of thiophene rings is 2. The van der Waals surface area contributed by atoms with E-state index in [0.29, 0.717) is 5.88 Å². The molecule has 0 radical (unpaired) electrons. The summed E-state index contributed by atoms with van der Waals surface area (Å²) in [5.74, 6) is 0.408. The molecule has 3 aromatic heterocycles. The normalized spacial score (nSPS) is 13.9. The number of fused-ring (bicyclic) bond motifs is 1. The highest BCUT2D eigenvalue weighted by Crippen LogP contribution is 2.43. The van der Waals surface area contributed by atoms with E-state index in [1.54, 1.807) is 11.3 Å². The summed E-state index contributed by atoms with van der Waals surface area (Å²) in [5.41, 5.74) is 9.24. The molecule has 19 heavy (non-hydrogen) atoms. The lowest BCUT2D eigenvalue weighted by atomic mass is 10.1. The van der Waals surface area contributed by atoms with Crippen LogP contribution in [0.15, 0.2) is 28.1 Å². The van der Waals surface area contributed by atoms with Crippen molar-refractivity contribution in [1.82, 2.24) is 5.16 Å². The molecule has 4 rings (SSSR count). The maximum atomic E-state index is 5.94. The molecule has 0 saturated carbocycles. The van der Waals surface area contributed by atoms with E-state index in [-0.39, 0.29) is 0 Å². The number of aryl methyl sites for hydroxylation is 2. The number of hydrogen-bond acceptors (Lipinski definition) is 5. The van der Waals surface area contributed by atoms with Crippen LogP contribution in [0.5, 0.6) is 0 Å². The molecule has 1 aliphatic carbocycles. The average Bonchev–Trinajstić information content (AvgIpc) is 3.10. The first kappa shape index (κ1) is 11.3. The van der Waals surface area contributed by atoms with Gasteiger partial charge in [0.05, 0.1) is 10.4 Å². The predicted molar refractivity (Wildman–Crippen MR) is 79.6 cm³/mol. The minimum Gasteiger partial charge on any atom is -0.367 e. The van der Waals surface area contributed by atoms with Crippen molar-refractivity contribution < 1.29 is 4.52 Å². The third-order valence-electron chi connectivity index (χ3n) is 3.47. The molecular formula is C14H12N2OS2. The van der Waals surface area contributed by atoms with Crippen LogP contribution < -0.4 is 5.73 Å². The van der Waals surface area contributed by atoms with Crippen molar-refractivity contribution in [1.29, 1.82) is 0 Å². The number of rotatable bonds is 2. The van der Waals surface area contributed by atoms with Crippen LogP contribution in [0.3, 0.4) is 0 Å². The van der Waals surface area contributed by atoms with Gasteiger partial charge in [-0.25, -0.2) is 0 Å². The van der Waals surface area contributed by atoms with Crippen molar-refractivity contribution in [3.8, 4) is 21.0 Å². The third kappa shape index (κ3) is 1.73. The van der Waals surface area contributed by atoms with E-state index < -0.39 is 0 Å². The van der Waals surface area contributed by atoms with Gasteiger partial charge < -0.3 is 10.3 Å². The fourth-order valence-corrected chi connectivity index (χ4v) is 4.59. The first-order valence-corrected chi connectivity index (χ1v) is 7.93. The second kappa shape index (κ2) is 4.21. The first-order chi connectivity index (χ1) is 9.33. The highest BCUT2D eigenvalue weighted by Gasteiger charge is 2.22. The molecule has 0 aliphatic heterocycles. The Balaban J connectivity index is 1.87. The Hall–Kier alpha value is -1.59. The van der Waals surface area contributed by atoms with E-state index in [9.17, 15) is 0 Å². The fourth-order valence-electron chi connectivity index (χ4n) is 2.58. The van der Waals surface area contributed by atoms with Crippen LogP contribution in [0.2, 0.25) is 0 Å². The highest BCUT2D eigenvalue weighted by atomic mass is 32.1. The molecule has 3 nitrogen and oxygen atoms in total. The molecule has 0 atom stereocenters. The molecule has 3 aromatic rings. The zero-order valence-corrected chi connectivity index (χ0v) is 11.8. The van der Waals surface area contributed by atoms with E-state index >= 15 is 0 Å². The number of nitrogens with two attached hydrogens (primary N) is 1. The highest BCUT2D eigenvalue weighted by molar-refractivity contribution is 7.16. The Morgan fingerprint density at radius 2 is 2.21 bits per heavy atom. The number of nitrogen functional groups attached to an aromatic ring is 1. The van der Waals surface area contributed by atoms with E-state index in [4.69, 9.17) is 10.3 Å². The second-order valence-electron chi connectivity index (χ2n) is 4.66. The summed E-state index contributed by atoms with van der Waals surface area (Å²) in [6, 6.07) is 6.32. The zero-order chi connectivity index (χ0) is 12.8. The van der Waals surface area contributed by atoms with Gasteiger partial charge >= 0.3 is 0 Å². The van der Waals surface area contributed by atoms with Gasteiger partial charge in [0, 0.05) is 9.75 Å². The topological polar surface area (TPSA) is 52.0 Å². The molecular weight excluding hydrogens is 276 g/mol. The van der Waals surface area contributed by atoms with Gasteiger partial charge in [-0.1, -0.05) is 11.2 Å². The molecule has 1 aliphatic rings. The summed E-state index contributed by atoms with van der Waals surface area (Å²) in [6.07, 6.45) is 3.66. The van der Waals surface area contributed by atoms with E-state index in [2.05, 4.69) is 17.3 Å². The van der Waals surface area contributed by atoms with Gasteiger partial charge in [-0.15, -0.1) is 22.7 Å². The summed E-state index contributed by atoms with van der Waals surface area (Å²) < 4.78 is 5.22. The molecule has 96 valence electrons. The monoisotopic (exact) mass is 288 g/mol. The molecule has 0 unspecified atom stereocenters. The van der Waals surface area contributed by atoms with Gasteiger partial charge in [-0.2, -0.15) is 0 Å². The van der Waals surface area contributed by atoms with Crippen LogP contribution in [0.25, 0.3) is 21.0 Å². The second-order valence-corrected chi connectivity index (χ2v) is 6.74. The molecule has 0 spiro atoms. The van der Waals surface area contributed by atoms with Gasteiger partial charge in [0.25, 0.3) is 0 Å². The molecule has 2 N–H and O–H groups in total. The van der Waals surface area contributed by atoms with Crippen molar-refractivity contribution in [3.63, 3.8) is 0 Å². The van der Waals surface area contributed by atoms with Gasteiger partial charge in [0.15, 0.2) is 0 Å². The maximum absolute atomic E-state index is 5.94. The number of nitrogens with zero attached hydrogens (tertiary/aromatic N) is 1. The van der Waals surface area contributed by atoms with Gasteiger partial charge in [-0.05, 0) is 42.3 Å². The van der Waals surface area contributed by atoms with E-state index in [1.165, 1.54) is 34.6 Å². The molecule has 0 aromatic carbocycles. The summed E-state index contributed by atoms with van der Waals surface area (Å²) in [7, 11) is 0. The quantitative estimate of drug-likeness (QED) is 0.768. The van der Waals surface area contributed by atoms with Crippen LogP contribution in [0.1, 0.15) is 16.9 Å². The Labute approximate surface area is 118 Å². The maximum Gasteiger partial charge on any atom is 0.231 e. The third-order valence-corrected chi connectivity index (χ3v) is 5.60. The van der Waals surface area contributed by atoms with Gasteiger partial charge in [-0.3, -0.25) is 0 Å². The number of anilines is 1. The van der Waals surface area contributed by atoms with Crippen LogP contribution in [-0.4, -0.2) is 5.16 Å². The van der Waals surface area contributed by atoms with E-state index in [0.717, 1.165) is 16.1 Å². The minimum absolute atomic E-state index is 0.408. The van der Waals surface area contributed by atoms with Gasteiger partial charge in [0.1, 0.15) is 5.69 Å². The number of aromatic nitrogens is 1. The lowest BCUT2D eigenvalue weighted by Crippen LogP contribution is -1.84. The van der Waals surface area contributed by atoms with Crippen LogP contribution in [0, 0.1) is 0 Å². The average molecular weight is 288 g/mol. The molecule has 0 fully saturated rings. The molecule has 0 amide bonds. The largest absolute Gasteiger partial charge is 0.367 e. The smallest absolute Gasteiger partial charge is 0.231 e. The van der Waals surface area contributed by atoms with Crippen molar-refractivity contribution in [2.75, 3.05) is 5.73 Å². The van der Waals surface area contributed by atoms with Crippen molar-refractivity contribution in [3.05, 3.63) is 34.0 Å². The lowest BCUT2D eigenvalue weighted by Gasteiger charge is -1.97. The van der Waals surface area contributed by atoms with Crippen molar-refractivity contribution in [2.45, 2.75) is 19.3 Å². The predicted octanol–water partition coefficient (Wildman–Crippen LogP) is 4.20. The molecule has 0 bridgehead atoms. The molecule has 5 heteroatoms. The summed E-state index contributed by atoms with van der Waals surface area (Å²) in [6.45, 7) is 0. The van der Waals surface area contributed by atoms with Crippen molar-refractivity contribution in [2.24, 2.45) is 0 Å². The Bertz CT molecular complexity index is 703. The van der Waals surface area contributed by atoms with Crippen LogP contribution >= 0.6 is 22.7 Å². The summed E-state index contributed by atoms with van der Waals surface area (Å²) in [4.78, 5) is 3.78. The van der Waals surface area contributed by atoms with Crippen LogP contribution in [0.4, 0.5) is 5.88 Å². The first-order valence-electron chi connectivity index (χ1n) is 6.24. The SMILES string of the molecule is Nc1onc(-c2cc3c(s2)CCC3)c1-c1cccs1. The molecule has 3 heterocycles. The van der Waals surface area contributed by atoms with E-state index in [1.807, 2.05) is 22.8 Å².